The highest BCUT2D eigenvalue weighted by Gasteiger charge is 2.13. The Morgan fingerprint density at radius 3 is 2.67 bits per heavy atom. The van der Waals surface area contributed by atoms with Crippen LogP contribution in [0.4, 0.5) is 5.69 Å². The quantitative estimate of drug-likeness (QED) is 0.249. The minimum absolute atomic E-state index is 0. The first-order chi connectivity index (χ1) is 10.9. The average Bonchev–Trinajstić information content (AvgIpc) is 2.53. The molecule has 1 aromatic rings. The van der Waals surface area contributed by atoms with Crippen molar-refractivity contribution < 1.29 is 13.2 Å². The van der Waals surface area contributed by atoms with Crippen molar-refractivity contribution in [1.29, 1.82) is 0 Å². The molecule has 3 N–H and O–H groups in total. The zero-order chi connectivity index (χ0) is 17.3. The van der Waals surface area contributed by atoms with Crippen LogP contribution in [-0.2, 0) is 21.4 Å². The molecule has 0 atom stereocenters. The highest BCUT2D eigenvalue weighted by molar-refractivity contribution is 14.0. The maximum Gasteiger partial charge on any atom is 0.213 e. The molecule has 1 aromatic carbocycles. The number of hydrogen-bond donors (Lipinski definition) is 2. The van der Waals surface area contributed by atoms with Crippen LogP contribution in [0.2, 0.25) is 0 Å². The minimum atomic E-state index is -3.14. The fraction of sp³-hybridized carbons (Fsp3) is 0.533. The van der Waals surface area contributed by atoms with Gasteiger partial charge < -0.3 is 15.8 Å². The van der Waals surface area contributed by atoms with E-state index in [-0.39, 0.29) is 29.7 Å². The lowest BCUT2D eigenvalue weighted by atomic mass is 10.2. The zero-order valence-electron chi connectivity index (χ0n) is 14.4. The van der Waals surface area contributed by atoms with Crippen LogP contribution >= 0.6 is 24.0 Å². The smallest absolute Gasteiger partial charge is 0.213 e. The van der Waals surface area contributed by atoms with E-state index in [4.69, 9.17) is 10.5 Å². The van der Waals surface area contributed by atoms with Crippen molar-refractivity contribution in [3.8, 4) is 0 Å². The van der Waals surface area contributed by atoms with Gasteiger partial charge in [0.2, 0.25) is 10.0 Å². The monoisotopic (exact) mass is 470 g/mol. The molecule has 24 heavy (non-hydrogen) atoms. The average molecular weight is 470 g/mol. The number of rotatable bonds is 9. The highest BCUT2D eigenvalue weighted by atomic mass is 127. The van der Waals surface area contributed by atoms with Gasteiger partial charge in [-0.15, -0.1) is 24.0 Å². The lowest BCUT2D eigenvalue weighted by Crippen LogP contribution is -2.30. The molecule has 0 radical (unpaired) electrons. The van der Waals surface area contributed by atoms with Crippen LogP contribution in [0.1, 0.15) is 18.9 Å². The molecule has 0 fully saturated rings. The summed E-state index contributed by atoms with van der Waals surface area (Å²) in [6.45, 7) is 2.99. The Bertz CT molecular complexity index is 623. The van der Waals surface area contributed by atoms with E-state index in [1.54, 1.807) is 21.1 Å². The summed E-state index contributed by atoms with van der Waals surface area (Å²) >= 11 is 0. The first-order valence-corrected chi connectivity index (χ1v) is 9.09. The van der Waals surface area contributed by atoms with Crippen LogP contribution < -0.4 is 11.1 Å². The van der Waals surface area contributed by atoms with Crippen LogP contribution in [-0.4, -0.2) is 51.7 Å². The van der Waals surface area contributed by atoms with E-state index < -0.39 is 10.0 Å². The number of anilines is 1. The van der Waals surface area contributed by atoms with E-state index in [2.05, 4.69) is 10.3 Å². The number of aliphatic imine (C=N–C) groups is 1. The normalized spacial score (nSPS) is 12.1. The second-order valence-corrected chi connectivity index (χ2v) is 7.42. The summed E-state index contributed by atoms with van der Waals surface area (Å²) < 4.78 is 29.7. The van der Waals surface area contributed by atoms with E-state index in [9.17, 15) is 8.42 Å². The number of para-hydroxylation sites is 1. The fourth-order valence-corrected chi connectivity index (χ4v) is 2.80. The Balaban J connectivity index is 0.00000529. The van der Waals surface area contributed by atoms with Gasteiger partial charge in [0.15, 0.2) is 5.96 Å². The van der Waals surface area contributed by atoms with Gasteiger partial charge in [0, 0.05) is 38.5 Å². The molecule has 0 aromatic heterocycles. The third-order valence-electron chi connectivity index (χ3n) is 3.33. The molecule has 9 heteroatoms. The summed E-state index contributed by atoms with van der Waals surface area (Å²) in [5.74, 6) is 0.404. The number of nitrogens with two attached hydrogens (primary N) is 1. The second kappa shape index (κ2) is 11.6. The molecule has 0 amide bonds. The third kappa shape index (κ3) is 7.77. The van der Waals surface area contributed by atoms with Gasteiger partial charge in [-0.25, -0.2) is 12.7 Å². The Morgan fingerprint density at radius 1 is 1.38 bits per heavy atom. The third-order valence-corrected chi connectivity index (χ3v) is 5.19. The number of guanidine groups is 1. The minimum Gasteiger partial charge on any atom is -0.380 e. The Labute approximate surface area is 161 Å². The summed E-state index contributed by atoms with van der Waals surface area (Å²) in [7, 11) is 0.0733. The van der Waals surface area contributed by atoms with Gasteiger partial charge in [0.05, 0.1) is 12.4 Å². The predicted octanol–water partition coefficient (Wildman–Crippen LogP) is 1.85. The molecule has 0 heterocycles. The van der Waals surface area contributed by atoms with Crippen LogP contribution in [0.15, 0.2) is 29.3 Å². The van der Waals surface area contributed by atoms with Crippen LogP contribution in [0, 0.1) is 0 Å². The number of halogens is 1. The molecular weight excluding hydrogens is 443 g/mol. The predicted molar refractivity (Wildman–Crippen MR) is 109 cm³/mol. The van der Waals surface area contributed by atoms with Gasteiger partial charge >= 0.3 is 0 Å². The first kappa shape index (κ1) is 23.1. The molecule has 0 bridgehead atoms. The van der Waals surface area contributed by atoms with Crippen molar-refractivity contribution in [3.63, 3.8) is 0 Å². The molecule has 0 unspecified atom stereocenters. The first-order valence-electron chi connectivity index (χ1n) is 7.48. The standard InChI is InChI=1S/C15H26N4O3S.HI/c1-4-23(20,21)19(2)11-7-10-17-15(16)18-14-9-6-5-8-13(14)12-22-3;/h5-6,8-9H,4,7,10-12H2,1-3H3,(H3,16,17,18);1H. The molecule has 7 nitrogen and oxygen atoms in total. The summed E-state index contributed by atoms with van der Waals surface area (Å²) in [5, 5.41) is 3.04. The number of ether oxygens (including phenoxy) is 1. The number of nitrogens with one attached hydrogen (secondary N) is 1. The molecule has 0 saturated heterocycles. The van der Waals surface area contributed by atoms with Gasteiger partial charge in [-0.1, -0.05) is 18.2 Å². The molecular formula is C15H27IN4O3S. The van der Waals surface area contributed by atoms with Crippen LogP contribution in [0.5, 0.6) is 0 Å². The Hall–Kier alpha value is -0.910. The molecule has 0 spiro atoms. The summed E-state index contributed by atoms with van der Waals surface area (Å²) in [6, 6.07) is 7.68. The molecule has 0 aliphatic heterocycles. The van der Waals surface area contributed by atoms with Gasteiger partial charge in [-0.3, -0.25) is 4.99 Å². The van der Waals surface area contributed by atoms with Crippen molar-refractivity contribution >= 4 is 45.6 Å². The van der Waals surface area contributed by atoms with E-state index >= 15 is 0 Å². The van der Waals surface area contributed by atoms with Crippen molar-refractivity contribution in [2.24, 2.45) is 10.7 Å². The second-order valence-electron chi connectivity index (χ2n) is 5.06. The van der Waals surface area contributed by atoms with Gasteiger partial charge in [-0.05, 0) is 19.4 Å². The zero-order valence-corrected chi connectivity index (χ0v) is 17.5. The molecule has 138 valence electrons. The van der Waals surface area contributed by atoms with E-state index in [1.165, 1.54) is 4.31 Å². The largest absolute Gasteiger partial charge is 0.380 e. The number of nitrogens with zero attached hydrogens (tertiary/aromatic N) is 2. The molecule has 0 aliphatic carbocycles. The van der Waals surface area contributed by atoms with Gasteiger partial charge in [0.1, 0.15) is 0 Å². The molecule has 0 aliphatic rings. The van der Waals surface area contributed by atoms with E-state index in [1.807, 2.05) is 24.3 Å². The van der Waals surface area contributed by atoms with Crippen molar-refractivity contribution in [1.82, 2.24) is 4.31 Å². The van der Waals surface area contributed by atoms with E-state index in [0.29, 0.717) is 32.1 Å². The van der Waals surface area contributed by atoms with Gasteiger partial charge in [0.25, 0.3) is 0 Å². The Morgan fingerprint density at radius 2 is 2.04 bits per heavy atom. The number of methoxy groups -OCH3 is 1. The number of hydrogen-bond acceptors (Lipinski definition) is 4. The van der Waals surface area contributed by atoms with Crippen LogP contribution in [0.3, 0.4) is 0 Å². The van der Waals surface area contributed by atoms with Crippen LogP contribution in [0.25, 0.3) is 0 Å². The Kier molecular flexibility index (Phi) is 11.2. The lowest BCUT2D eigenvalue weighted by Gasteiger charge is -2.15. The fourth-order valence-electron chi connectivity index (χ4n) is 1.95. The van der Waals surface area contributed by atoms with Crippen molar-refractivity contribution in [3.05, 3.63) is 29.8 Å². The summed E-state index contributed by atoms with van der Waals surface area (Å²) in [6.07, 6.45) is 0.609. The topological polar surface area (TPSA) is 97.0 Å². The van der Waals surface area contributed by atoms with E-state index in [0.717, 1.165) is 11.3 Å². The lowest BCUT2D eigenvalue weighted by molar-refractivity contribution is 0.185. The molecule has 0 saturated carbocycles. The maximum absolute atomic E-state index is 11.6. The maximum atomic E-state index is 11.6. The van der Waals surface area contributed by atoms with Gasteiger partial charge in [-0.2, -0.15) is 0 Å². The van der Waals surface area contributed by atoms with Crippen molar-refractivity contribution in [2.75, 3.05) is 38.3 Å². The number of sulfonamides is 1. The highest BCUT2D eigenvalue weighted by Crippen LogP contribution is 2.15. The summed E-state index contributed by atoms with van der Waals surface area (Å²) in [4.78, 5) is 4.22. The number of benzene rings is 1. The SMILES string of the molecule is CCS(=O)(=O)N(C)CCCN=C(N)Nc1ccccc1COC.I. The summed E-state index contributed by atoms with van der Waals surface area (Å²) in [5.41, 5.74) is 7.70. The van der Waals surface area contributed by atoms with Crippen molar-refractivity contribution in [2.45, 2.75) is 20.0 Å². The molecule has 1 rings (SSSR count).